The van der Waals surface area contributed by atoms with Crippen LogP contribution in [0.3, 0.4) is 0 Å². The van der Waals surface area contributed by atoms with Crippen molar-refractivity contribution in [2.45, 2.75) is 11.9 Å². The molecule has 0 saturated carbocycles. The van der Waals surface area contributed by atoms with Crippen LogP contribution in [0.1, 0.15) is 11.1 Å². The molecule has 154 valence electrons. The molecule has 1 aromatic heterocycles. The number of ether oxygens (including phenoxy) is 1. The predicted octanol–water partition coefficient (Wildman–Crippen LogP) is 2.51. The zero-order valence-electron chi connectivity index (χ0n) is 16.1. The smallest absolute Gasteiger partial charge is 0.212 e. The lowest BCUT2D eigenvalue weighted by Crippen LogP contribution is -2.49. The Balaban J connectivity index is 1.27. The van der Waals surface area contributed by atoms with Gasteiger partial charge in [0.25, 0.3) is 0 Å². The maximum atomic E-state index is 13.5. The zero-order chi connectivity index (χ0) is 20.2. The molecule has 0 spiro atoms. The monoisotopic (exact) mass is 419 g/mol. The molecule has 1 fully saturated rings. The van der Waals surface area contributed by atoms with Gasteiger partial charge in [-0.1, -0.05) is 6.07 Å². The van der Waals surface area contributed by atoms with Crippen molar-refractivity contribution in [1.29, 1.82) is 0 Å². The molecule has 3 heterocycles. The second-order valence-electron chi connectivity index (χ2n) is 6.99. The number of halogens is 2. The van der Waals surface area contributed by atoms with E-state index in [4.69, 9.17) is 4.74 Å². The van der Waals surface area contributed by atoms with Gasteiger partial charge < -0.3 is 14.4 Å². The molecule has 1 aromatic carbocycles. The first kappa shape index (κ1) is 20.1. The van der Waals surface area contributed by atoms with E-state index in [1.165, 1.54) is 23.6 Å². The standard InChI is InChI=1S/C20H23F2N5OS/c1-28-18-5-2-14(13-23-18)6-7-26-8-10-27(11-9-26)20-24-19(25-29-20)15-3-4-16(21)17(22)12-15/h2-5,12-13,20H,6-11H2,1H3,(H,24,25). The third kappa shape index (κ3) is 4.85. The molecule has 2 aliphatic heterocycles. The van der Waals surface area contributed by atoms with Crippen molar-refractivity contribution in [2.75, 3.05) is 39.8 Å². The van der Waals surface area contributed by atoms with Gasteiger partial charge >= 0.3 is 0 Å². The van der Waals surface area contributed by atoms with E-state index in [-0.39, 0.29) is 5.50 Å². The van der Waals surface area contributed by atoms with Gasteiger partial charge in [-0.2, -0.15) is 0 Å². The van der Waals surface area contributed by atoms with Gasteiger partial charge in [0.2, 0.25) is 5.88 Å². The van der Waals surface area contributed by atoms with Gasteiger partial charge in [-0.25, -0.2) is 18.8 Å². The van der Waals surface area contributed by atoms with Gasteiger partial charge in [-0.15, -0.1) is 0 Å². The van der Waals surface area contributed by atoms with Gasteiger partial charge in [0.1, 0.15) is 5.84 Å². The van der Waals surface area contributed by atoms with E-state index in [1.807, 2.05) is 12.3 Å². The Morgan fingerprint density at radius 2 is 1.97 bits per heavy atom. The predicted molar refractivity (Wildman–Crippen MR) is 110 cm³/mol. The van der Waals surface area contributed by atoms with Crippen LogP contribution in [-0.4, -0.2) is 66.0 Å². The molecule has 1 unspecified atom stereocenters. The number of hydrogen-bond donors (Lipinski definition) is 1. The molecule has 1 atom stereocenters. The van der Waals surface area contributed by atoms with E-state index in [9.17, 15) is 8.78 Å². The molecule has 1 saturated heterocycles. The molecule has 0 radical (unpaired) electrons. The van der Waals surface area contributed by atoms with Crippen molar-refractivity contribution in [3.8, 4) is 5.88 Å². The minimum atomic E-state index is -0.860. The third-order valence-electron chi connectivity index (χ3n) is 5.14. The highest BCUT2D eigenvalue weighted by atomic mass is 32.2. The Labute approximate surface area is 173 Å². The summed E-state index contributed by atoms with van der Waals surface area (Å²) >= 11 is 1.49. The number of hydrogen-bond acceptors (Lipinski definition) is 7. The number of aromatic nitrogens is 1. The van der Waals surface area contributed by atoms with Crippen LogP contribution in [0.4, 0.5) is 8.78 Å². The van der Waals surface area contributed by atoms with E-state index in [1.54, 1.807) is 13.2 Å². The van der Waals surface area contributed by atoms with Crippen LogP contribution in [0.2, 0.25) is 0 Å². The largest absolute Gasteiger partial charge is 0.481 e. The number of nitrogens with one attached hydrogen (secondary N) is 1. The highest BCUT2D eigenvalue weighted by Crippen LogP contribution is 2.24. The fraction of sp³-hybridized carbons (Fsp3) is 0.400. The summed E-state index contributed by atoms with van der Waals surface area (Å²) in [6.45, 7) is 4.75. The van der Waals surface area contributed by atoms with Gasteiger partial charge in [0.05, 0.1) is 7.11 Å². The maximum Gasteiger partial charge on any atom is 0.212 e. The lowest BCUT2D eigenvalue weighted by Gasteiger charge is -2.36. The Hall–Kier alpha value is -2.23. The average Bonchev–Trinajstić information content (AvgIpc) is 3.25. The normalized spacial score (nSPS) is 20.4. The molecule has 29 heavy (non-hydrogen) atoms. The number of amidine groups is 1. The molecule has 0 aliphatic carbocycles. The highest BCUT2D eigenvalue weighted by molar-refractivity contribution is 7.98. The lowest BCUT2D eigenvalue weighted by atomic mass is 10.2. The van der Waals surface area contributed by atoms with E-state index in [0.29, 0.717) is 17.3 Å². The maximum absolute atomic E-state index is 13.5. The molecular weight excluding hydrogens is 396 g/mol. The van der Waals surface area contributed by atoms with E-state index in [0.717, 1.165) is 45.2 Å². The van der Waals surface area contributed by atoms with Gasteiger partial charge in [-0.05, 0) is 42.1 Å². The number of benzene rings is 1. The molecule has 9 heteroatoms. The van der Waals surface area contributed by atoms with Crippen molar-refractivity contribution < 1.29 is 13.5 Å². The topological polar surface area (TPSA) is 53.0 Å². The highest BCUT2D eigenvalue weighted by Gasteiger charge is 2.28. The van der Waals surface area contributed by atoms with Crippen molar-refractivity contribution in [3.05, 3.63) is 59.3 Å². The van der Waals surface area contributed by atoms with Crippen LogP contribution < -0.4 is 9.46 Å². The Morgan fingerprint density at radius 1 is 1.14 bits per heavy atom. The molecule has 6 nitrogen and oxygen atoms in total. The summed E-state index contributed by atoms with van der Waals surface area (Å²) in [5.74, 6) is -0.485. The van der Waals surface area contributed by atoms with Gasteiger partial charge in [0.15, 0.2) is 17.1 Å². The van der Waals surface area contributed by atoms with Crippen LogP contribution in [0.5, 0.6) is 5.88 Å². The first-order valence-electron chi connectivity index (χ1n) is 9.52. The summed E-state index contributed by atoms with van der Waals surface area (Å²) in [5.41, 5.74) is 1.71. The third-order valence-corrected chi connectivity index (χ3v) is 6.06. The molecular formula is C20H23F2N5OS. The first-order chi connectivity index (χ1) is 14.1. The number of nitrogens with zero attached hydrogens (tertiary/aromatic N) is 4. The summed E-state index contributed by atoms with van der Waals surface area (Å²) in [7, 11) is 1.62. The first-order valence-corrected chi connectivity index (χ1v) is 10.4. The Bertz CT molecular complexity index is 872. The molecule has 2 aliphatic rings. The van der Waals surface area contributed by atoms with Crippen molar-refractivity contribution in [3.63, 3.8) is 0 Å². The summed E-state index contributed by atoms with van der Waals surface area (Å²) in [5, 5.41) is 0. The molecule has 2 aromatic rings. The van der Waals surface area contributed by atoms with Crippen LogP contribution in [0.15, 0.2) is 41.5 Å². The molecule has 4 rings (SSSR count). The van der Waals surface area contributed by atoms with Crippen molar-refractivity contribution >= 4 is 17.8 Å². The lowest BCUT2D eigenvalue weighted by molar-refractivity contribution is 0.127. The fourth-order valence-electron chi connectivity index (χ4n) is 3.38. The van der Waals surface area contributed by atoms with Gasteiger partial charge in [0, 0.05) is 50.6 Å². The minimum absolute atomic E-state index is 0.0500. The number of pyridine rings is 1. The summed E-state index contributed by atoms with van der Waals surface area (Å²) < 4.78 is 34.8. The number of aliphatic imine (C=N–C) groups is 1. The summed E-state index contributed by atoms with van der Waals surface area (Å²) in [4.78, 5) is 13.6. The van der Waals surface area contributed by atoms with Crippen LogP contribution in [0.25, 0.3) is 0 Å². The van der Waals surface area contributed by atoms with Crippen molar-refractivity contribution in [1.82, 2.24) is 19.5 Å². The van der Waals surface area contributed by atoms with Crippen molar-refractivity contribution in [2.24, 2.45) is 4.99 Å². The minimum Gasteiger partial charge on any atom is -0.481 e. The van der Waals surface area contributed by atoms with Crippen LogP contribution in [-0.2, 0) is 6.42 Å². The van der Waals surface area contributed by atoms with E-state index >= 15 is 0 Å². The second kappa shape index (κ2) is 9.06. The zero-order valence-corrected chi connectivity index (χ0v) is 17.0. The summed E-state index contributed by atoms with van der Waals surface area (Å²) in [6.07, 6.45) is 2.82. The van der Waals surface area contributed by atoms with E-state index in [2.05, 4.69) is 30.6 Å². The Morgan fingerprint density at radius 3 is 2.66 bits per heavy atom. The van der Waals surface area contributed by atoms with Crippen LogP contribution >= 0.6 is 11.9 Å². The molecule has 1 N–H and O–H groups in total. The second-order valence-corrected chi connectivity index (χ2v) is 7.85. The number of rotatable bonds is 6. The number of methoxy groups -OCH3 is 1. The fourth-order valence-corrected chi connectivity index (χ4v) is 4.28. The van der Waals surface area contributed by atoms with E-state index < -0.39 is 11.6 Å². The molecule has 0 amide bonds. The quantitative estimate of drug-likeness (QED) is 0.727. The molecule has 0 bridgehead atoms. The number of piperazine rings is 1. The Kier molecular flexibility index (Phi) is 6.27. The van der Waals surface area contributed by atoms with Crippen LogP contribution in [0, 0.1) is 11.6 Å². The SMILES string of the molecule is COc1ccc(CCN2CCN(C3N=C(c4ccc(F)c(F)c4)NS3)CC2)cn1. The average molecular weight is 420 g/mol. The van der Waals surface area contributed by atoms with Gasteiger partial charge in [-0.3, -0.25) is 4.90 Å². The summed E-state index contributed by atoms with van der Waals surface area (Å²) in [6, 6.07) is 7.79.